The van der Waals surface area contributed by atoms with Crippen LogP contribution in [0.3, 0.4) is 0 Å². The Hall–Kier alpha value is -2.24. The first kappa shape index (κ1) is 23.4. The molecule has 0 bridgehead atoms. The Morgan fingerprint density at radius 1 is 1.16 bits per heavy atom. The van der Waals surface area contributed by atoms with Crippen molar-refractivity contribution in [1.29, 1.82) is 0 Å². The summed E-state index contributed by atoms with van der Waals surface area (Å²) in [5, 5.41) is 0. The Labute approximate surface area is 186 Å². The summed E-state index contributed by atoms with van der Waals surface area (Å²) in [5.41, 5.74) is 3.24. The molecule has 1 saturated heterocycles. The number of carbonyl (C=O) groups is 1. The van der Waals surface area contributed by atoms with Gasteiger partial charge in [0.2, 0.25) is 5.91 Å². The van der Waals surface area contributed by atoms with Crippen molar-refractivity contribution in [3.05, 3.63) is 71.0 Å². The smallest absolute Gasteiger partial charge is 0.248 e. The van der Waals surface area contributed by atoms with E-state index in [1.54, 1.807) is 13.2 Å². The molecule has 1 heterocycles. The highest BCUT2D eigenvalue weighted by Crippen LogP contribution is 2.34. The van der Waals surface area contributed by atoms with Gasteiger partial charge in [0, 0.05) is 51.3 Å². The van der Waals surface area contributed by atoms with Crippen LogP contribution in [0.5, 0.6) is 0 Å². The van der Waals surface area contributed by atoms with Gasteiger partial charge in [0.15, 0.2) is 0 Å². The third kappa shape index (κ3) is 6.37. The number of aryl methyl sites for hydroxylation is 1. The van der Waals surface area contributed by atoms with Crippen LogP contribution in [0.2, 0.25) is 0 Å². The number of methoxy groups -OCH3 is 1. The van der Waals surface area contributed by atoms with Crippen LogP contribution in [0.15, 0.2) is 48.5 Å². The summed E-state index contributed by atoms with van der Waals surface area (Å²) in [6.45, 7) is 10.1. The average Bonchev–Trinajstić information content (AvgIpc) is 3.12. The van der Waals surface area contributed by atoms with Gasteiger partial charge >= 0.3 is 0 Å². The molecule has 0 N–H and O–H groups in total. The zero-order valence-electron chi connectivity index (χ0n) is 19.2. The van der Waals surface area contributed by atoms with E-state index in [2.05, 4.69) is 49.9 Å². The maximum absolute atomic E-state index is 14.3. The van der Waals surface area contributed by atoms with E-state index in [9.17, 15) is 9.18 Å². The normalized spacial score (nSPS) is 19.2. The van der Waals surface area contributed by atoms with Gasteiger partial charge in [0.25, 0.3) is 0 Å². The SMILES string of the molecule is COCC(=O)N(CC(C)C)CC1CN(Cc2ccccc2F)CC1c1ccc(C)cc1. The van der Waals surface area contributed by atoms with E-state index in [0.717, 1.165) is 18.7 Å². The number of hydrogen-bond acceptors (Lipinski definition) is 3. The molecule has 0 saturated carbocycles. The van der Waals surface area contributed by atoms with Crippen LogP contribution in [0.25, 0.3) is 0 Å². The molecule has 1 amide bonds. The highest BCUT2D eigenvalue weighted by Gasteiger charge is 2.36. The van der Waals surface area contributed by atoms with Crippen molar-refractivity contribution >= 4 is 5.91 Å². The fraction of sp³-hybridized carbons (Fsp3) is 0.500. The number of amides is 1. The van der Waals surface area contributed by atoms with Gasteiger partial charge in [-0.25, -0.2) is 4.39 Å². The van der Waals surface area contributed by atoms with Gasteiger partial charge in [-0.2, -0.15) is 0 Å². The predicted molar refractivity (Wildman–Crippen MR) is 122 cm³/mol. The molecule has 0 radical (unpaired) electrons. The molecule has 1 fully saturated rings. The van der Waals surface area contributed by atoms with Crippen molar-refractivity contribution in [2.75, 3.05) is 39.9 Å². The second-order valence-electron chi connectivity index (χ2n) is 9.19. The molecule has 0 aromatic heterocycles. The lowest BCUT2D eigenvalue weighted by molar-refractivity contribution is -0.136. The minimum Gasteiger partial charge on any atom is -0.375 e. The number of benzene rings is 2. The maximum Gasteiger partial charge on any atom is 0.248 e. The standard InChI is InChI=1S/C26H35FN2O2/c1-19(2)13-29(26(30)18-31-4)16-23-15-28(14-22-7-5-6-8-25(22)27)17-24(23)21-11-9-20(3)10-12-21/h5-12,19,23-24H,13-18H2,1-4H3. The van der Waals surface area contributed by atoms with Crippen molar-refractivity contribution in [2.45, 2.75) is 33.2 Å². The first-order chi connectivity index (χ1) is 14.9. The summed E-state index contributed by atoms with van der Waals surface area (Å²) in [6.07, 6.45) is 0. The topological polar surface area (TPSA) is 32.8 Å². The Balaban J connectivity index is 1.81. The van der Waals surface area contributed by atoms with Gasteiger partial charge in [-0.3, -0.25) is 9.69 Å². The van der Waals surface area contributed by atoms with Crippen molar-refractivity contribution < 1.29 is 13.9 Å². The fourth-order valence-corrected chi connectivity index (χ4v) is 4.55. The molecule has 2 aromatic rings. The second-order valence-corrected chi connectivity index (χ2v) is 9.19. The Bertz CT molecular complexity index is 853. The van der Waals surface area contributed by atoms with E-state index in [1.165, 1.54) is 17.2 Å². The molecule has 2 aromatic carbocycles. The van der Waals surface area contributed by atoms with Crippen molar-refractivity contribution in [3.8, 4) is 0 Å². The van der Waals surface area contributed by atoms with E-state index in [-0.39, 0.29) is 24.2 Å². The number of rotatable bonds is 9. The molecule has 0 aliphatic carbocycles. The lowest BCUT2D eigenvalue weighted by Crippen LogP contribution is -2.41. The second kappa shape index (κ2) is 10.9. The molecule has 1 aliphatic rings. The van der Waals surface area contributed by atoms with E-state index in [4.69, 9.17) is 4.74 Å². The van der Waals surface area contributed by atoms with Gasteiger partial charge in [-0.05, 0) is 30.4 Å². The van der Waals surface area contributed by atoms with Crippen molar-refractivity contribution in [3.63, 3.8) is 0 Å². The summed E-state index contributed by atoms with van der Waals surface area (Å²) in [4.78, 5) is 17.0. The fourth-order valence-electron chi connectivity index (χ4n) is 4.55. The molecular weight excluding hydrogens is 391 g/mol. The third-order valence-electron chi connectivity index (χ3n) is 6.03. The van der Waals surface area contributed by atoms with E-state index in [0.29, 0.717) is 31.5 Å². The maximum atomic E-state index is 14.3. The van der Waals surface area contributed by atoms with Crippen molar-refractivity contribution in [1.82, 2.24) is 9.80 Å². The largest absolute Gasteiger partial charge is 0.375 e. The summed E-state index contributed by atoms with van der Waals surface area (Å²) in [7, 11) is 1.56. The van der Waals surface area contributed by atoms with E-state index >= 15 is 0 Å². The number of likely N-dealkylation sites (tertiary alicyclic amines) is 1. The van der Waals surface area contributed by atoms with Crippen LogP contribution in [-0.2, 0) is 16.1 Å². The van der Waals surface area contributed by atoms with Gasteiger partial charge < -0.3 is 9.64 Å². The lowest BCUT2D eigenvalue weighted by Gasteiger charge is -2.30. The molecule has 2 atom stereocenters. The first-order valence-corrected chi connectivity index (χ1v) is 11.2. The monoisotopic (exact) mass is 426 g/mol. The zero-order chi connectivity index (χ0) is 22.4. The van der Waals surface area contributed by atoms with Crippen LogP contribution >= 0.6 is 0 Å². The van der Waals surface area contributed by atoms with Crippen molar-refractivity contribution in [2.24, 2.45) is 11.8 Å². The Morgan fingerprint density at radius 3 is 2.52 bits per heavy atom. The number of nitrogens with zero attached hydrogens (tertiary/aromatic N) is 2. The zero-order valence-corrected chi connectivity index (χ0v) is 19.2. The van der Waals surface area contributed by atoms with E-state index < -0.39 is 0 Å². The molecule has 0 spiro atoms. The molecule has 3 rings (SSSR count). The summed E-state index contributed by atoms with van der Waals surface area (Å²) in [5.74, 6) is 0.849. The third-order valence-corrected chi connectivity index (χ3v) is 6.03. The number of ether oxygens (including phenoxy) is 1. The molecule has 2 unspecified atom stereocenters. The van der Waals surface area contributed by atoms with Gasteiger partial charge in [-0.15, -0.1) is 0 Å². The molecule has 1 aliphatic heterocycles. The van der Waals surface area contributed by atoms with Crippen LogP contribution in [0, 0.1) is 24.6 Å². The number of halogens is 1. The van der Waals surface area contributed by atoms with Crippen LogP contribution in [0.1, 0.15) is 36.5 Å². The highest BCUT2D eigenvalue weighted by atomic mass is 19.1. The average molecular weight is 427 g/mol. The predicted octanol–water partition coefficient (Wildman–Crippen LogP) is 4.48. The Morgan fingerprint density at radius 2 is 1.87 bits per heavy atom. The molecular formula is C26H35FN2O2. The number of carbonyl (C=O) groups excluding carboxylic acids is 1. The summed E-state index contributed by atoms with van der Waals surface area (Å²) < 4.78 is 19.4. The lowest BCUT2D eigenvalue weighted by atomic mass is 9.88. The molecule has 5 heteroatoms. The van der Waals surface area contributed by atoms with E-state index in [1.807, 2.05) is 17.0 Å². The van der Waals surface area contributed by atoms with Crippen LogP contribution in [0.4, 0.5) is 4.39 Å². The summed E-state index contributed by atoms with van der Waals surface area (Å²) >= 11 is 0. The van der Waals surface area contributed by atoms with Crippen LogP contribution < -0.4 is 0 Å². The minimum atomic E-state index is -0.158. The number of hydrogen-bond donors (Lipinski definition) is 0. The van der Waals surface area contributed by atoms with Gasteiger partial charge in [-0.1, -0.05) is 61.9 Å². The molecule has 168 valence electrons. The van der Waals surface area contributed by atoms with Crippen LogP contribution in [-0.4, -0.2) is 55.6 Å². The van der Waals surface area contributed by atoms with Gasteiger partial charge in [0.1, 0.15) is 12.4 Å². The molecule has 31 heavy (non-hydrogen) atoms. The van der Waals surface area contributed by atoms with Gasteiger partial charge in [0.05, 0.1) is 0 Å². The highest BCUT2D eigenvalue weighted by molar-refractivity contribution is 5.77. The molecule has 4 nitrogen and oxygen atoms in total. The minimum absolute atomic E-state index is 0.0337. The summed E-state index contributed by atoms with van der Waals surface area (Å²) in [6, 6.07) is 15.7. The Kier molecular flexibility index (Phi) is 8.22. The first-order valence-electron chi connectivity index (χ1n) is 11.2. The quantitative estimate of drug-likeness (QED) is 0.593.